The van der Waals surface area contributed by atoms with E-state index < -0.39 is 5.97 Å². The molecule has 1 aliphatic carbocycles. The molecule has 2 fully saturated rings. The molecule has 3 aromatic rings. The molecule has 0 amide bonds. The van der Waals surface area contributed by atoms with Gasteiger partial charge in [0.1, 0.15) is 6.10 Å². The van der Waals surface area contributed by atoms with Crippen molar-refractivity contribution >= 4 is 34.4 Å². The molecule has 8 nitrogen and oxygen atoms in total. The zero-order chi connectivity index (χ0) is 22.8. The normalized spacial score (nSPS) is 21.1. The second-order valence-electron chi connectivity index (χ2n) is 8.57. The minimum Gasteiger partial charge on any atom is -0.481 e. The molecule has 0 atom stereocenters. The molecular weight excluding hydrogens is 444 g/mol. The first-order valence-corrected chi connectivity index (χ1v) is 11.6. The topological polar surface area (TPSA) is 101 Å². The van der Waals surface area contributed by atoms with Crippen LogP contribution in [0.5, 0.6) is 6.01 Å². The molecule has 0 bridgehead atoms. The molecule has 2 N–H and O–H groups in total. The van der Waals surface area contributed by atoms with Gasteiger partial charge >= 0.3 is 5.97 Å². The van der Waals surface area contributed by atoms with Gasteiger partial charge in [-0.25, -0.2) is 4.98 Å². The molecule has 0 radical (unpaired) electrons. The van der Waals surface area contributed by atoms with Gasteiger partial charge in [-0.3, -0.25) is 4.79 Å². The van der Waals surface area contributed by atoms with Gasteiger partial charge in [-0.05, 0) is 55.9 Å². The number of halogens is 1. The van der Waals surface area contributed by atoms with Crippen LogP contribution in [0.25, 0.3) is 22.4 Å². The fourth-order valence-electron chi connectivity index (χ4n) is 4.50. The summed E-state index contributed by atoms with van der Waals surface area (Å²) in [5.74, 6) is -0.510. The lowest BCUT2D eigenvalue weighted by molar-refractivity contribution is -0.138. The van der Waals surface area contributed by atoms with Crippen LogP contribution in [0.2, 0.25) is 5.02 Å². The van der Waals surface area contributed by atoms with Crippen LogP contribution < -0.4 is 9.64 Å². The summed E-state index contributed by atoms with van der Waals surface area (Å²) in [4.78, 5) is 25.4. The maximum atomic E-state index is 10.9. The minimum absolute atomic E-state index is 0.0150. The molecule has 1 aromatic carbocycles. The molecule has 9 heteroatoms. The Morgan fingerprint density at radius 3 is 2.70 bits per heavy atom. The number of rotatable bonds is 6. The highest BCUT2D eigenvalue weighted by atomic mass is 35.5. The number of nitrogens with one attached hydrogen (secondary N) is 1. The fraction of sp³-hybridized carbons (Fsp3) is 0.458. The van der Waals surface area contributed by atoms with Gasteiger partial charge in [0.15, 0.2) is 5.65 Å². The monoisotopic (exact) mass is 468 g/mol. The van der Waals surface area contributed by atoms with Crippen molar-refractivity contribution in [1.29, 1.82) is 0 Å². The number of imidazole rings is 1. The van der Waals surface area contributed by atoms with Gasteiger partial charge in [-0.15, -0.1) is 0 Å². The predicted octanol–water partition coefficient (Wildman–Crippen LogP) is 4.13. The number of fused-ring (bicyclic) bond motifs is 1. The third-order valence-electron chi connectivity index (χ3n) is 6.28. The van der Waals surface area contributed by atoms with Crippen LogP contribution in [0.3, 0.4) is 0 Å². The quantitative estimate of drug-likeness (QED) is 0.561. The lowest BCUT2D eigenvalue weighted by atomic mass is 9.85. The zero-order valence-corrected chi connectivity index (χ0v) is 18.9. The number of carboxylic acid groups (broad SMARTS) is 1. The van der Waals surface area contributed by atoms with Crippen LogP contribution in [-0.2, 0) is 9.53 Å². The van der Waals surface area contributed by atoms with Crippen molar-refractivity contribution in [3.63, 3.8) is 0 Å². The van der Waals surface area contributed by atoms with Crippen LogP contribution >= 0.6 is 11.6 Å². The maximum absolute atomic E-state index is 10.9. The summed E-state index contributed by atoms with van der Waals surface area (Å²) in [6, 6.07) is 12.5. The van der Waals surface area contributed by atoms with Crippen LogP contribution in [-0.4, -0.2) is 58.4 Å². The van der Waals surface area contributed by atoms with Crippen molar-refractivity contribution in [2.75, 3.05) is 31.2 Å². The Morgan fingerprint density at radius 2 is 2.00 bits per heavy atom. The fourth-order valence-corrected chi connectivity index (χ4v) is 4.76. The molecule has 1 saturated heterocycles. The summed E-state index contributed by atoms with van der Waals surface area (Å²) >= 11 is 6.53. The van der Waals surface area contributed by atoms with E-state index >= 15 is 0 Å². The van der Waals surface area contributed by atoms with Crippen LogP contribution in [0, 0.1) is 18.1 Å². The number of anilines is 1. The number of ether oxygens (including phenoxy) is 2. The molecular formula is C24H25ClN4O4. The molecule has 33 heavy (non-hydrogen) atoms. The second-order valence-corrected chi connectivity index (χ2v) is 8.98. The smallest absolute Gasteiger partial charge is 0.303 e. The first kappa shape index (κ1) is 21.8. The van der Waals surface area contributed by atoms with Crippen molar-refractivity contribution in [1.82, 2.24) is 15.0 Å². The largest absolute Gasteiger partial charge is 0.481 e. The summed E-state index contributed by atoms with van der Waals surface area (Å²) < 4.78 is 11.4. The van der Waals surface area contributed by atoms with Gasteiger partial charge in [-0.2, -0.15) is 4.98 Å². The van der Waals surface area contributed by atoms with E-state index in [1.807, 2.05) is 12.1 Å². The molecule has 1 saturated carbocycles. The maximum Gasteiger partial charge on any atom is 0.303 e. The molecule has 5 rings (SSSR count). The number of pyridine rings is 1. The number of hydrogen-bond donors (Lipinski definition) is 2. The number of H-pyrrole nitrogens is 1. The number of aliphatic carboxylic acids is 1. The number of aromatic amines is 1. The van der Waals surface area contributed by atoms with Gasteiger partial charge in [0.05, 0.1) is 40.7 Å². The van der Waals surface area contributed by atoms with Gasteiger partial charge < -0.3 is 24.5 Å². The third kappa shape index (κ3) is 5.00. The van der Waals surface area contributed by atoms with Gasteiger partial charge in [0.2, 0.25) is 0 Å². The van der Waals surface area contributed by atoms with E-state index in [9.17, 15) is 4.79 Å². The summed E-state index contributed by atoms with van der Waals surface area (Å²) in [6.07, 6.45) is 3.56. The molecule has 1 aliphatic heterocycles. The lowest BCUT2D eigenvalue weighted by Gasteiger charge is -2.27. The third-order valence-corrected chi connectivity index (χ3v) is 6.57. The zero-order valence-electron chi connectivity index (χ0n) is 18.1. The highest BCUT2D eigenvalue weighted by molar-refractivity contribution is 6.33. The number of aromatic nitrogens is 3. The Balaban J connectivity index is 1.29. The molecule has 2 aromatic heterocycles. The van der Waals surface area contributed by atoms with Crippen molar-refractivity contribution < 1.29 is 19.4 Å². The summed E-state index contributed by atoms with van der Waals surface area (Å²) in [6.45, 7) is 3.11. The Hall–Kier alpha value is -3.02. The highest BCUT2D eigenvalue weighted by Gasteiger charge is 2.25. The van der Waals surface area contributed by atoms with E-state index in [0.717, 1.165) is 50.0 Å². The van der Waals surface area contributed by atoms with Crippen molar-refractivity contribution in [2.45, 2.75) is 38.2 Å². The lowest BCUT2D eigenvalue weighted by Crippen LogP contribution is -2.36. The van der Waals surface area contributed by atoms with Crippen molar-refractivity contribution in [3.05, 3.63) is 35.4 Å². The molecule has 2 aliphatic rings. The van der Waals surface area contributed by atoms with E-state index in [0.29, 0.717) is 41.1 Å². The summed E-state index contributed by atoms with van der Waals surface area (Å²) in [5.41, 5.74) is 3.55. The minimum atomic E-state index is -0.735. The van der Waals surface area contributed by atoms with E-state index in [1.165, 1.54) is 0 Å². The Bertz CT molecular complexity index is 1120. The van der Waals surface area contributed by atoms with E-state index in [2.05, 4.69) is 32.0 Å². The predicted molar refractivity (Wildman–Crippen MR) is 124 cm³/mol. The number of morpholine rings is 1. The van der Waals surface area contributed by atoms with Crippen molar-refractivity contribution in [2.24, 2.45) is 5.92 Å². The highest BCUT2D eigenvalue weighted by Crippen LogP contribution is 2.32. The van der Waals surface area contributed by atoms with E-state index in [4.69, 9.17) is 26.2 Å². The summed E-state index contributed by atoms with van der Waals surface area (Å²) in [5, 5.41) is 9.47. The van der Waals surface area contributed by atoms with E-state index in [-0.39, 0.29) is 18.4 Å². The molecule has 172 valence electrons. The first-order valence-electron chi connectivity index (χ1n) is 11.3. The van der Waals surface area contributed by atoms with Crippen LogP contribution in [0.4, 0.5) is 5.69 Å². The second kappa shape index (κ2) is 9.46. The number of carbonyl (C=O) groups is 1. The van der Waals surface area contributed by atoms with Gasteiger partial charge in [0.25, 0.3) is 6.01 Å². The Kier molecular flexibility index (Phi) is 6.25. The van der Waals surface area contributed by atoms with Crippen LogP contribution in [0.1, 0.15) is 32.1 Å². The SMILES string of the molecule is O=C(O)CC1CCC(Oc2nc3nc(-c4c#cc(N5CCOCC5)cc4)c(Cl)cc3[nH]2)CC1. The Labute approximate surface area is 196 Å². The standard InChI is InChI=1S/C24H25ClN4O4/c25-19-14-20-23(28-24(26-20)33-18-7-1-15(2-8-18)13-21(30)31)27-22(19)16-3-5-17(6-4-16)29-9-11-32-12-10-29/h3,5,14-15,18H,1-2,7-13H2,(H,30,31)(H,26,27,28). The van der Waals surface area contributed by atoms with E-state index in [1.54, 1.807) is 6.07 Å². The summed E-state index contributed by atoms with van der Waals surface area (Å²) in [7, 11) is 0. The molecule has 0 spiro atoms. The number of carboxylic acids is 1. The average Bonchev–Trinajstić information content (AvgIpc) is 3.21. The van der Waals surface area contributed by atoms with Crippen LogP contribution in [0.15, 0.2) is 18.2 Å². The Morgan fingerprint density at radius 1 is 1.21 bits per heavy atom. The van der Waals surface area contributed by atoms with Crippen molar-refractivity contribution in [3.8, 4) is 17.3 Å². The first-order chi connectivity index (χ1) is 16.0. The van der Waals surface area contributed by atoms with Gasteiger partial charge in [-0.1, -0.05) is 17.7 Å². The molecule has 0 unspecified atom stereocenters. The average molecular weight is 469 g/mol. The number of hydrogen-bond acceptors (Lipinski definition) is 6. The molecule has 3 heterocycles. The van der Waals surface area contributed by atoms with Gasteiger partial charge in [0, 0.05) is 19.5 Å². The number of nitrogens with zero attached hydrogens (tertiary/aromatic N) is 3.